The van der Waals surface area contributed by atoms with Crippen LogP contribution in [0.25, 0.3) is 21.9 Å². The Balaban J connectivity index is 2.34. The first-order valence-electron chi connectivity index (χ1n) is 6.35. The summed E-state index contributed by atoms with van der Waals surface area (Å²) in [5, 5.41) is 2.37. The van der Waals surface area contributed by atoms with Crippen molar-refractivity contribution < 1.29 is 4.79 Å². The van der Waals surface area contributed by atoms with Crippen molar-refractivity contribution in [2.75, 3.05) is 0 Å². The van der Waals surface area contributed by atoms with Crippen molar-refractivity contribution in [2.45, 2.75) is 6.92 Å². The zero-order chi connectivity index (χ0) is 13.2. The molecule has 3 rings (SSSR count). The van der Waals surface area contributed by atoms with Gasteiger partial charge in [-0.25, -0.2) is 0 Å². The van der Waals surface area contributed by atoms with E-state index in [0.29, 0.717) is 0 Å². The minimum Gasteiger partial charge on any atom is -0.294 e. The van der Waals surface area contributed by atoms with E-state index in [1.807, 2.05) is 42.5 Å². The van der Waals surface area contributed by atoms with Gasteiger partial charge in [0.15, 0.2) is 5.78 Å². The molecule has 1 nitrogen and oxygen atoms in total. The Bertz CT molecular complexity index is 751. The van der Waals surface area contributed by atoms with Gasteiger partial charge in [0.2, 0.25) is 0 Å². The van der Waals surface area contributed by atoms with Gasteiger partial charge in [0, 0.05) is 5.56 Å². The van der Waals surface area contributed by atoms with Gasteiger partial charge in [0.05, 0.1) is 0 Å². The molecule has 0 aliphatic heterocycles. The van der Waals surface area contributed by atoms with Crippen molar-refractivity contribution in [3.8, 4) is 11.1 Å². The SMILES string of the molecule is CC(=O)c1ccccc1-c1cccc2ccccc12. The van der Waals surface area contributed by atoms with E-state index in [1.54, 1.807) is 6.92 Å². The summed E-state index contributed by atoms with van der Waals surface area (Å²) >= 11 is 0. The van der Waals surface area contributed by atoms with Crippen molar-refractivity contribution in [2.24, 2.45) is 0 Å². The van der Waals surface area contributed by atoms with Crippen LogP contribution in [-0.4, -0.2) is 5.78 Å². The van der Waals surface area contributed by atoms with Crippen LogP contribution < -0.4 is 0 Å². The number of hydrogen-bond acceptors (Lipinski definition) is 1. The molecule has 0 fully saturated rings. The highest BCUT2D eigenvalue weighted by molar-refractivity contribution is 6.05. The quantitative estimate of drug-likeness (QED) is 0.598. The molecule has 3 aromatic carbocycles. The predicted molar refractivity (Wildman–Crippen MR) is 79.4 cm³/mol. The number of ketones is 1. The highest BCUT2D eigenvalue weighted by Gasteiger charge is 2.10. The summed E-state index contributed by atoms with van der Waals surface area (Å²) < 4.78 is 0. The van der Waals surface area contributed by atoms with E-state index in [0.717, 1.165) is 16.7 Å². The third-order valence-electron chi connectivity index (χ3n) is 3.39. The third-order valence-corrected chi connectivity index (χ3v) is 3.39. The summed E-state index contributed by atoms with van der Waals surface area (Å²) in [6, 6.07) is 22.2. The Morgan fingerprint density at radius 3 is 2.21 bits per heavy atom. The second-order valence-electron chi connectivity index (χ2n) is 4.63. The first-order valence-corrected chi connectivity index (χ1v) is 6.35. The number of fused-ring (bicyclic) bond motifs is 1. The molecule has 0 amide bonds. The van der Waals surface area contributed by atoms with E-state index < -0.39 is 0 Å². The summed E-state index contributed by atoms with van der Waals surface area (Å²) in [7, 11) is 0. The standard InChI is InChI=1S/C18H14O/c1-13(19)15-9-4-5-11-17(15)18-12-6-8-14-7-2-3-10-16(14)18/h2-12H,1H3. The van der Waals surface area contributed by atoms with Gasteiger partial charge in [-0.2, -0.15) is 0 Å². The van der Waals surface area contributed by atoms with Gasteiger partial charge in [-0.1, -0.05) is 66.7 Å². The zero-order valence-corrected chi connectivity index (χ0v) is 10.8. The molecule has 0 unspecified atom stereocenters. The number of hydrogen-bond donors (Lipinski definition) is 0. The maximum absolute atomic E-state index is 11.8. The first kappa shape index (κ1) is 11.7. The molecule has 19 heavy (non-hydrogen) atoms. The molecule has 0 N–H and O–H groups in total. The summed E-state index contributed by atoms with van der Waals surface area (Å²) in [5.74, 6) is 0.100. The van der Waals surface area contributed by atoms with Crippen molar-refractivity contribution in [3.05, 3.63) is 72.3 Å². The number of rotatable bonds is 2. The maximum Gasteiger partial charge on any atom is 0.160 e. The predicted octanol–water partition coefficient (Wildman–Crippen LogP) is 4.71. The van der Waals surface area contributed by atoms with Crippen LogP contribution in [0.1, 0.15) is 17.3 Å². The van der Waals surface area contributed by atoms with Crippen LogP contribution in [0, 0.1) is 0 Å². The van der Waals surface area contributed by atoms with Gasteiger partial charge >= 0.3 is 0 Å². The van der Waals surface area contributed by atoms with Gasteiger partial charge in [-0.05, 0) is 28.8 Å². The Hall–Kier alpha value is -2.41. The van der Waals surface area contributed by atoms with Crippen LogP contribution in [0.2, 0.25) is 0 Å². The second-order valence-corrected chi connectivity index (χ2v) is 4.63. The van der Waals surface area contributed by atoms with Crippen LogP contribution in [0.4, 0.5) is 0 Å². The lowest BCUT2D eigenvalue weighted by Crippen LogP contribution is -1.95. The summed E-state index contributed by atoms with van der Waals surface area (Å²) in [6.07, 6.45) is 0. The Labute approximate surface area is 112 Å². The van der Waals surface area contributed by atoms with Gasteiger partial charge < -0.3 is 0 Å². The Morgan fingerprint density at radius 1 is 0.737 bits per heavy atom. The van der Waals surface area contributed by atoms with Crippen molar-refractivity contribution in [1.29, 1.82) is 0 Å². The molecule has 0 spiro atoms. The zero-order valence-electron chi connectivity index (χ0n) is 10.8. The van der Waals surface area contributed by atoms with E-state index in [4.69, 9.17) is 0 Å². The Kier molecular flexibility index (Phi) is 2.88. The van der Waals surface area contributed by atoms with E-state index >= 15 is 0 Å². The van der Waals surface area contributed by atoms with Gasteiger partial charge in [-0.3, -0.25) is 4.79 Å². The molecule has 3 aromatic rings. The summed E-state index contributed by atoms with van der Waals surface area (Å²) in [6.45, 7) is 1.62. The lowest BCUT2D eigenvalue weighted by Gasteiger charge is -2.10. The van der Waals surface area contributed by atoms with Crippen LogP contribution >= 0.6 is 0 Å². The van der Waals surface area contributed by atoms with Crippen LogP contribution in [0.3, 0.4) is 0 Å². The fourth-order valence-electron chi connectivity index (χ4n) is 2.49. The minimum absolute atomic E-state index is 0.100. The van der Waals surface area contributed by atoms with Crippen LogP contribution in [0.5, 0.6) is 0 Å². The topological polar surface area (TPSA) is 17.1 Å². The molecule has 0 heterocycles. The molecular formula is C18H14O. The third kappa shape index (κ3) is 2.04. The molecule has 0 saturated carbocycles. The number of benzene rings is 3. The largest absolute Gasteiger partial charge is 0.294 e. The highest BCUT2D eigenvalue weighted by Crippen LogP contribution is 2.31. The lowest BCUT2D eigenvalue weighted by atomic mass is 9.93. The van der Waals surface area contributed by atoms with E-state index in [1.165, 1.54) is 10.8 Å². The average Bonchev–Trinajstić information content (AvgIpc) is 2.46. The molecule has 0 radical (unpaired) electrons. The van der Waals surface area contributed by atoms with Gasteiger partial charge in [0.25, 0.3) is 0 Å². The van der Waals surface area contributed by atoms with Gasteiger partial charge in [0.1, 0.15) is 0 Å². The molecule has 0 aliphatic carbocycles. The summed E-state index contributed by atoms with van der Waals surface area (Å²) in [5.41, 5.74) is 2.90. The normalized spacial score (nSPS) is 10.6. The smallest absolute Gasteiger partial charge is 0.160 e. The van der Waals surface area contributed by atoms with Crippen molar-refractivity contribution in [1.82, 2.24) is 0 Å². The first-order chi connectivity index (χ1) is 9.27. The molecule has 92 valence electrons. The molecule has 1 heteroatoms. The van der Waals surface area contributed by atoms with Gasteiger partial charge in [-0.15, -0.1) is 0 Å². The van der Waals surface area contributed by atoms with Crippen LogP contribution in [-0.2, 0) is 0 Å². The number of carbonyl (C=O) groups is 1. The molecule has 0 aliphatic rings. The van der Waals surface area contributed by atoms with Crippen molar-refractivity contribution in [3.63, 3.8) is 0 Å². The summed E-state index contributed by atoms with van der Waals surface area (Å²) in [4.78, 5) is 11.8. The number of Topliss-reactive ketones (excluding diaryl/α,β-unsaturated/α-hetero) is 1. The van der Waals surface area contributed by atoms with Crippen LogP contribution in [0.15, 0.2) is 66.7 Å². The van der Waals surface area contributed by atoms with E-state index in [9.17, 15) is 4.79 Å². The van der Waals surface area contributed by atoms with E-state index in [-0.39, 0.29) is 5.78 Å². The molecule has 0 bridgehead atoms. The monoisotopic (exact) mass is 246 g/mol. The lowest BCUT2D eigenvalue weighted by molar-refractivity contribution is 0.101. The Morgan fingerprint density at radius 2 is 1.37 bits per heavy atom. The maximum atomic E-state index is 11.8. The molecule has 0 saturated heterocycles. The molecular weight excluding hydrogens is 232 g/mol. The minimum atomic E-state index is 0.100. The average molecular weight is 246 g/mol. The molecule has 0 atom stereocenters. The second kappa shape index (κ2) is 4.69. The number of carbonyl (C=O) groups excluding carboxylic acids is 1. The van der Waals surface area contributed by atoms with E-state index in [2.05, 4.69) is 24.3 Å². The highest BCUT2D eigenvalue weighted by atomic mass is 16.1. The molecule has 0 aromatic heterocycles. The van der Waals surface area contributed by atoms with Crippen molar-refractivity contribution >= 4 is 16.6 Å². The fourth-order valence-corrected chi connectivity index (χ4v) is 2.49. The fraction of sp³-hybridized carbons (Fsp3) is 0.0556.